The second kappa shape index (κ2) is 5.05. The maximum absolute atomic E-state index is 11.6. The Morgan fingerprint density at radius 3 is 2.75 bits per heavy atom. The minimum Gasteiger partial charge on any atom is -0.461 e. The Labute approximate surface area is 119 Å². The first-order valence-electron chi connectivity index (χ1n) is 6.27. The smallest absolute Gasteiger partial charge is 0.358 e. The van der Waals surface area contributed by atoms with Crippen LogP contribution in [0.15, 0.2) is 30.5 Å². The van der Waals surface area contributed by atoms with Crippen molar-refractivity contribution in [1.82, 2.24) is 14.6 Å². The zero-order valence-corrected chi connectivity index (χ0v) is 12.0. The molecule has 3 aromatic rings. The van der Waals surface area contributed by atoms with E-state index in [9.17, 15) is 4.79 Å². The normalized spacial score (nSPS) is 10.9. The summed E-state index contributed by atoms with van der Waals surface area (Å²) in [7, 11) is 0. The predicted octanol–water partition coefficient (Wildman–Crippen LogP) is 2.94. The number of aryl methyl sites for hydroxylation is 1. The van der Waals surface area contributed by atoms with Crippen molar-refractivity contribution < 1.29 is 9.53 Å². The quantitative estimate of drug-likeness (QED) is 0.695. The Morgan fingerprint density at radius 2 is 2.10 bits per heavy atom. The van der Waals surface area contributed by atoms with E-state index < -0.39 is 5.97 Å². The highest BCUT2D eigenvalue weighted by Gasteiger charge is 2.15. The lowest BCUT2D eigenvalue weighted by Gasteiger charge is -1.96. The van der Waals surface area contributed by atoms with Crippen LogP contribution in [-0.4, -0.2) is 27.2 Å². The molecule has 1 aromatic carbocycles. The minimum atomic E-state index is -0.415. The average Bonchev–Trinajstić information content (AvgIpc) is 2.98. The number of carbonyl (C=O) groups is 1. The van der Waals surface area contributed by atoms with E-state index in [4.69, 9.17) is 4.74 Å². The Bertz CT molecular complexity index is 727. The summed E-state index contributed by atoms with van der Waals surface area (Å²) in [5.74, 6) is -0.415. The monoisotopic (exact) mass is 287 g/mol. The van der Waals surface area contributed by atoms with Gasteiger partial charge in [0.1, 0.15) is 5.01 Å². The first-order chi connectivity index (χ1) is 9.67. The van der Waals surface area contributed by atoms with Gasteiger partial charge in [-0.15, -0.1) is 0 Å². The molecule has 0 aliphatic heterocycles. The Hall–Kier alpha value is -2.21. The molecule has 0 fully saturated rings. The molecular formula is C14H13N3O2S. The fourth-order valence-corrected chi connectivity index (χ4v) is 2.70. The molecule has 0 amide bonds. The molecule has 0 radical (unpaired) electrons. The molecule has 0 saturated carbocycles. The van der Waals surface area contributed by atoms with Crippen LogP contribution < -0.4 is 0 Å². The topological polar surface area (TPSA) is 56.5 Å². The number of carbonyl (C=O) groups excluding carboxylic acids is 1. The van der Waals surface area contributed by atoms with E-state index >= 15 is 0 Å². The van der Waals surface area contributed by atoms with Gasteiger partial charge in [-0.3, -0.25) is 0 Å². The molecule has 20 heavy (non-hydrogen) atoms. The average molecular weight is 287 g/mol. The van der Waals surface area contributed by atoms with Crippen LogP contribution in [-0.2, 0) is 4.74 Å². The third-order valence-electron chi connectivity index (χ3n) is 2.83. The van der Waals surface area contributed by atoms with Crippen LogP contribution >= 0.6 is 11.3 Å². The van der Waals surface area contributed by atoms with Crippen molar-refractivity contribution in [2.45, 2.75) is 13.8 Å². The van der Waals surface area contributed by atoms with Gasteiger partial charge >= 0.3 is 5.97 Å². The van der Waals surface area contributed by atoms with Gasteiger partial charge in [0.25, 0.3) is 0 Å². The largest absolute Gasteiger partial charge is 0.461 e. The van der Waals surface area contributed by atoms with E-state index in [0.29, 0.717) is 17.3 Å². The second-order valence-electron chi connectivity index (χ2n) is 4.35. The molecule has 5 nitrogen and oxygen atoms in total. The molecule has 0 saturated heterocycles. The number of nitrogens with zero attached hydrogens (tertiary/aromatic N) is 3. The maximum Gasteiger partial charge on any atom is 0.358 e. The highest BCUT2D eigenvalue weighted by Crippen LogP contribution is 2.25. The molecule has 3 rings (SSSR count). The Kier molecular flexibility index (Phi) is 3.23. The Morgan fingerprint density at radius 1 is 1.35 bits per heavy atom. The van der Waals surface area contributed by atoms with Gasteiger partial charge in [-0.2, -0.15) is 5.10 Å². The summed E-state index contributed by atoms with van der Waals surface area (Å²) in [6.07, 6.45) is 1.60. The van der Waals surface area contributed by atoms with Gasteiger partial charge in [0.05, 0.1) is 12.8 Å². The van der Waals surface area contributed by atoms with Crippen molar-refractivity contribution in [3.63, 3.8) is 0 Å². The second-order valence-corrected chi connectivity index (χ2v) is 5.30. The van der Waals surface area contributed by atoms with E-state index in [0.717, 1.165) is 10.6 Å². The first kappa shape index (κ1) is 12.8. The van der Waals surface area contributed by atoms with E-state index in [1.807, 2.05) is 31.2 Å². The lowest BCUT2D eigenvalue weighted by Crippen LogP contribution is -2.04. The van der Waals surface area contributed by atoms with Gasteiger partial charge in [-0.05, 0) is 13.8 Å². The number of rotatable bonds is 3. The van der Waals surface area contributed by atoms with Crippen LogP contribution in [0.1, 0.15) is 23.0 Å². The summed E-state index contributed by atoms with van der Waals surface area (Å²) in [6, 6.07) is 8.15. The number of fused-ring (bicyclic) bond motifs is 1. The molecule has 2 aromatic heterocycles. The molecule has 0 atom stereocenters. The standard InChI is InChI=1S/C14H13N3O2S/c1-3-19-13(18)11-8-17-14(15-11)20-12(16-17)10-6-4-9(2)5-7-10/h4-8H,3H2,1-2H3. The number of ether oxygens (including phenoxy) is 1. The van der Waals surface area contributed by atoms with Crippen LogP contribution in [0.4, 0.5) is 0 Å². The van der Waals surface area contributed by atoms with Crippen molar-refractivity contribution in [1.29, 1.82) is 0 Å². The molecular weight excluding hydrogens is 274 g/mol. The summed E-state index contributed by atoms with van der Waals surface area (Å²) >= 11 is 1.45. The molecule has 0 N–H and O–H groups in total. The van der Waals surface area contributed by atoms with Gasteiger partial charge in [-0.25, -0.2) is 14.3 Å². The summed E-state index contributed by atoms with van der Waals surface area (Å²) in [5.41, 5.74) is 2.55. The molecule has 0 spiro atoms. The third-order valence-corrected chi connectivity index (χ3v) is 3.80. The van der Waals surface area contributed by atoms with E-state index in [2.05, 4.69) is 10.1 Å². The van der Waals surface area contributed by atoms with E-state index in [-0.39, 0.29) is 0 Å². The lowest BCUT2D eigenvalue weighted by atomic mass is 10.2. The first-order valence-corrected chi connectivity index (χ1v) is 7.09. The van der Waals surface area contributed by atoms with Crippen LogP contribution in [0.25, 0.3) is 15.5 Å². The lowest BCUT2D eigenvalue weighted by molar-refractivity contribution is 0.0520. The van der Waals surface area contributed by atoms with Crippen molar-refractivity contribution >= 4 is 22.3 Å². The maximum atomic E-state index is 11.6. The van der Waals surface area contributed by atoms with Gasteiger partial charge in [0.2, 0.25) is 4.96 Å². The Balaban J connectivity index is 1.94. The van der Waals surface area contributed by atoms with Crippen molar-refractivity contribution in [3.05, 3.63) is 41.7 Å². The molecule has 0 aliphatic carbocycles. The third kappa shape index (κ3) is 2.30. The number of esters is 1. The van der Waals surface area contributed by atoms with Crippen molar-refractivity contribution in [2.75, 3.05) is 6.61 Å². The van der Waals surface area contributed by atoms with Crippen LogP contribution in [0.3, 0.4) is 0 Å². The van der Waals surface area contributed by atoms with Gasteiger partial charge in [0, 0.05) is 5.56 Å². The highest BCUT2D eigenvalue weighted by molar-refractivity contribution is 7.19. The van der Waals surface area contributed by atoms with Crippen LogP contribution in [0, 0.1) is 6.92 Å². The van der Waals surface area contributed by atoms with Gasteiger partial charge in [-0.1, -0.05) is 41.2 Å². The fraction of sp³-hybridized carbons (Fsp3) is 0.214. The van der Waals surface area contributed by atoms with E-state index in [1.165, 1.54) is 16.9 Å². The van der Waals surface area contributed by atoms with Gasteiger partial charge in [0.15, 0.2) is 5.69 Å². The summed E-state index contributed by atoms with van der Waals surface area (Å²) in [4.78, 5) is 16.5. The molecule has 0 aliphatic rings. The number of benzene rings is 1. The van der Waals surface area contributed by atoms with E-state index in [1.54, 1.807) is 17.6 Å². The number of hydrogen-bond donors (Lipinski definition) is 0. The fourth-order valence-electron chi connectivity index (χ4n) is 1.82. The summed E-state index contributed by atoms with van der Waals surface area (Å²) < 4.78 is 6.53. The van der Waals surface area contributed by atoms with Crippen molar-refractivity contribution in [3.8, 4) is 10.6 Å². The molecule has 0 unspecified atom stereocenters. The number of hydrogen-bond acceptors (Lipinski definition) is 5. The van der Waals surface area contributed by atoms with Crippen molar-refractivity contribution in [2.24, 2.45) is 0 Å². The zero-order valence-electron chi connectivity index (χ0n) is 11.2. The van der Waals surface area contributed by atoms with Crippen LogP contribution in [0.5, 0.6) is 0 Å². The SMILES string of the molecule is CCOC(=O)c1cn2nc(-c3ccc(C)cc3)sc2n1. The summed E-state index contributed by atoms with van der Waals surface area (Å²) in [5, 5.41) is 5.32. The number of imidazole rings is 1. The summed E-state index contributed by atoms with van der Waals surface area (Å²) in [6.45, 7) is 4.15. The molecule has 102 valence electrons. The highest BCUT2D eigenvalue weighted by atomic mass is 32.1. The van der Waals surface area contributed by atoms with Gasteiger partial charge < -0.3 is 4.74 Å². The molecule has 6 heteroatoms. The zero-order chi connectivity index (χ0) is 14.1. The molecule has 0 bridgehead atoms. The minimum absolute atomic E-state index is 0.293. The molecule has 2 heterocycles. The van der Waals surface area contributed by atoms with Crippen LogP contribution in [0.2, 0.25) is 0 Å². The number of aromatic nitrogens is 3. The predicted molar refractivity (Wildman–Crippen MR) is 77.0 cm³/mol.